The third kappa shape index (κ3) is 4.94. The third-order valence-corrected chi connectivity index (χ3v) is 5.11. The van der Waals surface area contributed by atoms with Crippen LogP contribution >= 0.6 is 12.2 Å². The summed E-state index contributed by atoms with van der Waals surface area (Å²) in [5, 5.41) is 7.08. The molecule has 1 saturated heterocycles. The molecule has 1 aliphatic heterocycles. The molecule has 2 heterocycles. The first-order chi connectivity index (χ1) is 12.5. The third-order valence-electron chi connectivity index (χ3n) is 4.89. The Morgan fingerprint density at radius 3 is 2.69 bits per heavy atom. The highest BCUT2D eigenvalue weighted by atomic mass is 32.1. The maximum Gasteiger partial charge on any atom is 0.172 e. The van der Waals surface area contributed by atoms with Crippen molar-refractivity contribution in [2.24, 2.45) is 5.92 Å². The van der Waals surface area contributed by atoms with Gasteiger partial charge in [-0.25, -0.2) is 4.98 Å². The first-order valence-corrected chi connectivity index (χ1v) is 9.78. The van der Waals surface area contributed by atoms with Crippen molar-refractivity contribution in [3.8, 4) is 0 Å². The number of thiocarbonyl (C=S) groups is 1. The molecule has 1 aromatic heterocycles. The van der Waals surface area contributed by atoms with Gasteiger partial charge in [-0.05, 0) is 74.7 Å². The molecule has 0 unspecified atom stereocenters. The SMILES string of the molecule is Cc1cccc(NC(=S)N[C@@H](C)c2ccc(N3CCC[C@@H](C)C3)cc2)n1. The normalized spacial score (nSPS) is 18.3. The van der Waals surface area contributed by atoms with Gasteiger partial charge in [0, 0.05) is 24.5 Å². The number of hydrogen-bond donors (Lipinski definition) is 2. The van der Waals surface area contributed by atoms with Crippen molar-refractivity contribution in [1.82, 2.24) is 10.3 Å². The van der Waals surface area contributed by atoms with E-state index in [0.717, 1.165) is 30.5 Å². The van der Waals surface area contributed by atoms with Crippen LogP contribution in [-0.2, 0) is 0 Å². The molecule has 26 heavy (non-hydrogen) atoms. The Morgan fingerprint density at radius 1 is 1.23 bits per heavy atom. The zero-order valence-corrected chi connectivity index (χ0v) is 16.6. The molecule has 2 aromatic rings. The van der Waals surface area contributed by atoms with Crippen molar-refractivity contribution >= 4 is 28.8 Å². The van der Waals surface area contributed by atoms with E-state index in [1.54, 1.807) is 0 Å². The fraction of sp³-hybridized carbons (Fsp3) is 0.429. The molecule has 2 atom stereocenters. The molecule has 4 nitrogen and oxygen atoms in total. The number of anilines is 2. The van der Waals surface area contributed by atoms with Crippen LogP contribution in [0.3, 0.4) is 0 Å². The lowest BCUT2D eigenvalue weighted by molar-refractivity contribution is 0.447. The summed E-state index contributed by atoms with van der Waals surface area (Å²) in [6.45, 7) is 8.74. The van der Waals surface area contributed by atoms with E-state index in [4.69, 9.17) is 12.2 Å². The van der Waals surface area contributed by atoms with Gasteiger partial charge in [0.25, 0.3) is 0 Å². The fourth-order valence-electron chi connectivity index (χ4n) is 3.44. The van der Waals surface area contributed by atoms with E-state index in [1.165, 1.54) is 24.1 Å². The molecule has 1 aliphatic rings. The zero-order valence-electron chi connectivity index (χ0n) is 15.8. The molecule has 3 rings (SSSR count). The van der Waals surface area contributed by atoms with Crippen LogP contribution < -0.4 is 15.5 Å². The second-order valence-electron chi connectivity index (χ2n) is 7.27. The number of pyridine rings is 1. The van der Waals surface area contributed by atoms with Gasteiger partial charge in [-0.3, -0.25) is 0 Å². The first-order valence-electron chi connectivity index (χ1n) is 9.37. The topological polar surface area (TPSA) is 40.2 Å². The summed E-state index contributed by atoms with van der Waals surface area (Å²) in [7, 11) is 0. The predicted molar refractivity (Wildman–Crippen MR) is 114 cm³/mol. The summed E-state index contributed by atoms with van der Waals surface area (Å²) < 4.78 is 0. The summed E-state index contributed by atoms with van der Waals surface area (Å²) in [5.74, 6) is 1.55. The first kappa shape index (κ1) is 18.6. The minimum absolute atomic E-state index is 0.133. The molecule has 0 spiro atoms. The fourth-order valence-corrected chi connectivity index (χ4v) is 3.72. The molecule has 0 saturated carbocycles. The van der Waals surface area contributed by atoms with Crippen LogP contribution in [0.2, 0.25) is 0 Å². The highest BCUT2D eigenvalue weighted by Gasteiger charge is 2.17. The number of aryl methyl sites for hydroxylation is 1. The molecule has 0 amide bonds. The van der Waals surface area contributed by atoms with E-state index in [2.05, 4.69) is 58.6 Å². The summed E-state index contributed by atoms with van der Waals surface area (Å²) in [6, 6.07) is 14.8. The van der Waals surface area contributed by atoms with Gasteiger partial charge in [0.15, 0.2) is 5.11 Å². The van der Waals surface area contributed by atoms with Gasteiger partial charge in [-0.2, -0.15) is 0 Å². The summed E-state index contributed by atoms with van der Waals surface area (Å²) in [4.78, 5) is 6.91. The van der Waals surface area contributed by atoms with Crippen molar-refractivity contribution in [1.29, 1.82) is 0 Å². The lowest BCUT2D eigenvalue weighted by atomic mass is 9.99. The molecular formula is C21H28N4S. The van der Waals surface area contributed by atoms with Crippen LogP contribution in [0.25, 0.3) is 0 Å². The molecule has 1 aromatic carbocycles. The van der Waals surface area contributed by atoms with Gasteiger partial charge in [0.1, 0.15) is 5.82 Å². The van der Waals surface area contributed by atoms with E-state index in [9.17, 15) is 0 Å². The van der Waals surface area contributed by atoms with Gasteiger partial charge in [-0.1, -0.05) is 25.1 Å². The van der Waals surface area contributed by atoms with Crippen LogP contribution in [0.1, 0.15) is 44.0 Å². The Labute approximate surface area is 162 Å². The minimum atomic E-state index is 0.133. The zero-order chi connectivity index (χ0) is 18.5. The Kier molecular flexibility index (Phi) is 6.09. The standard InChI is InChI=1S/C21H28N4S/c1-15-6-5-13-25(14-15)19-11-9-18(10-12-19)17(3)23-21(26)24-20-8-4-7-16(2)22-20/h4,7-12,15,17H,5-6,13-14H2,1-3H3,(H2,22,23,24,26)/t15-,17+/m1/s1. The maximum absolute atomic E-state index is 5.43. The Balaban J connectivity index is 1.57. The number of nitrogens with zero attached hydrogens (tertiary/aromatic N) is 2. The summed E-state index contributed by atoms with van der Waals surface area (Å²) in [6.07, 6.45) is 2.63. The monoisotopic (exact) mass is 368 g/mol. The molecule has 138 valence electrons. The average molecular weight is 369 g/mol. The van der Waals surface area contributed by atoms with E-state index >= 15 is 0 Å². The van der Waals surface area contributed by atoms with Crippen LogP contribution in [0.4, 0.5) is 11.5 Å². The van der Waals surface area contributed by atoms with E-state index < -0.39 is 0 Å². The molecule has 0 radical (unpaired) electrons. The van der Waals surface area contributed by atoms with Gasteiger partial charge in [0.05, 0.1) is 6.04 Å². The lowest BCUT2D eigenvalue weighted by Gasteiger charge is -2.33. The Hall–Kier alpha value is -2.14. The molecule has 2 N–H and O–H groups in total. The maximum atomic E-state index is 5.43. The number of aromatic nitrogens is 1. The van der Waals surface area contributed by atoms with E-state index in [-0.39, 0.29) is 6.04 Å². The van der Waals surface area contributed by atoms with Gasteiger partial charge >= 0.3 is 0 Å². The van der Waals surface area contributed by atoms with Gasteiger partial charge < -0.3 is 15.5 Å². The number of nitrogens with one attached hydrogen (secondary N) is 2. The molecule has 5 heteroatoms. The summed E-state index contributed by atoms with van der Waals surface area (Å²) in [5.41, 5.74) is 3.51. The Morgan fingerprint density at radius 2 is 2.00 bits per heavy atom. The van der Waals surface area contributed by atoms with Gasteiger partial charge in [-0.15, -0.1) is 0 Å². The van der Waals surface area contributed by atoms with Crippen LogP contribution in [0, 0.1) is 12.8 Å². The largest absolute Gasteiger partial charge is 0.371 e. The van der Waals surface area contributed by atoms with E-state index in [0.29, 0.717) is 5.11 Å². The van der Waals surface area contributed by atoms with Crippen molar-refractivity contribution in [3.63, 3.8) is 0 Å². The van der Waals surface area contributed by atoms with Crippen LogP contribution in [0.15, 0.2) is 42.5 Å². The molecule has 0 aliphatic carbocycles. The number of rotatable bonds is 4. The number of hydrogen-bond acceptors (Lipinski definition) is 3. The smallest absolute Gasteiger partial charge is 0.172 e. The van der Waals surface area contributed by atoms with Gasteiger partial charge in [0.2, 0.25) is 0 Å². The van der Waals surface area contributed by atoms with Crippen molar-refractivity contribution in [3.05, 3.63) is 53.7 Å². The molecular weight excluding hydrogens is 340 g/mol. The summed E-state index contributed by atoms with van der Waals surface area (Å²) >= 11 is 5.43. The molecule has 1 fully saturated rings. The number of piperidine rings is 1. The van der Waals surface area contributed by atoms with Crippen molar-refractivity contribution < 1.29 is 0 Å². The minimum Gasteiger partial charge on any atom is -0.371 e. The van der Waals surface area contributed by atoms with Crippen molar-refractivity contribution in [2.75, 3.05) is 23.3 Å². The average Bonchev–Trinajstić information content (AvgIpc) is 2.61. The quantitative estimate of drug-likeness (QED) is 0.767. The van der Waals surface area contributed by atoms with Crippen molar-refractivity contribution in [2.45, 2.75) is 39.7 Å². The lowest BCUT2D eigenvalue weighted by Crippen LogP contribution is -2.34. The Bertz CT molecular complexity index is 744. The van der Waals surface area contributed by atoms with Crippen LogP contribution in [-0.4, -0.2) is 23.2 Å². The van der Waals surface area contributed by atoms with Crippen LogP contribution in [0.5, 0.6) is 0 Å². The highest BCUT2D eigenvalue weighted by Crippen LogP contribution is 2.24. The van der Waals surface area contributed by atoms with E-state index in [1.807, 2.05) is 25.1 Å². The number of benzene rings is 1. The highest BCUT2D eigenvalue weighted by molar-refractivity contribution is 7.80. The predicted octanol–water partition coefficient (Wildman–Crippen LogP) is 4.67. The molecule has 0 bridgehead atoms. The second-order valence-corrected chi connectivity index (χ2v) is 7.68. The second kappa shape index (κ2) is 8.49.